The quantitative estimate of drug-likeness (QED) is 0.343. The van der Waals surface area contributed by atoms with Gasteiger partial charge in [-0.25, -0.2) is 4.79 Å². The lowest BCUT2D eigenvalue weighted by atomic mass is 9.59. The highest BCUT2D eigenvalue weighted by molar-refractivity contribution is 6.05. The molecule has 0 aromatic heterocycles. The lowest BCUT2D eigenvalue weighted by Gasteiger charge is -2.44. The molecule has 0 heterocycles. The van der Waals surface area contributed by atoms with Crippen LogP contribution in [0, 0.1) is 5.92 Å². The SMILES string of the molecule is COC(=O)c1ccc(NC(=O)c2ccc3c(c2)C(c2ccccc2)=C2CC=CCC2C3(C)C)cc1. The third kappa shape index (κ3) is 4.10. The van der Waals surface area contributed by atoms with Gasteiger partial charge in [0.1, 0.15) is 0 Å². The molecule has 0 spiro atoms. The van der Waals surface area contributed by atoms with Crippen molar-refractivity contribution in [1.82, 2.24) is 0 Å². The fourth-order valence-electron chi connectivity index (χ4n) is 5.50. The van der Waals surface area contributed by atoms with Gasteiger partial charge in [-0.2, -0.15) is 0 Å². The van der Waals surface area contributed by atoms with Crippen molar-refractivity contribution in [2.45, 2.75) is 32.1 Å². The van der Waals surface area contributed by atoms with Crippen molar-refractivity contribution in [1.29, 1.82) is 0 Å². The van der Waals surface area contributed by atoms with Crippen LogP contribution in [-0.2, 0) is 10.2 Å². The summed E-state index contributed by atoms with van der Waals surface area (Å²) in [7, 11) is 1.35. The largest absolute Gasteiger partial charge is 0.465 e. The van der Waals surface area contributed by atoms with Crippen LogP contribution in [0.4, 0.5) is 5.69 Å². The first-order chi connectivity index (χ1) is 16.9. The first kappa shape index (κ1) is 22.9. The van der Waals surface area contributed by atoms with E-state index in [-0.39, 0.29) is 11.3 Å². The lowest BCUT2D eigenvalue weighted by Crippen LogP contribution is -2.36. The Kier molecular flexibility index (Phi) is 5.89. The number of carbonyl (C=O) groups is 2. The molecule has 0 aliphatic heterocycles. The van der Waals surface area contributed by atoms with E-state index >= 15 is 0 Å². The highest BCUT2D eigenvalue weighted by atomic mass is 16.5. The van der Waals surface area contributed by atoms with Gasteiger partial charge in [0.25, 0.3) is 5.91 Å². The number of carbonyl (C=O) groups excluding carboxylic acids is 2. The van der Waals surface area contributed by atoms with Crippen molar-refractivity contribution in [3.05, 3.63) is 118 Å². The molecule has 4 nitrogen and oxygen atoms in total. The van der Waals surface area contributed by atoms with Crippen LogP contribution < -0.4 is 5.32 Å². The smallest absolute Gasteiger partial charge is 0.337 e. The van der Waals surface area contributed by atoms with E-state index < -0.39 is 5.97 Å². The van der Waals surface area contributed by atoms with Crippen molar-refractivity contribution in [2.75, 3.05) is 12.4 Å². The Morgan fingerprint density at radius 2 is 1.63 bits per heavy atom. The third-order valence-electron chi connectivity index (χ3n) is 7.36. The third-order valence-corrected chi connectivity index (χ3v) is 7.36. The second-order valence-corrected chi connectivity index (χ2v) is 9.74. The van der Waals surface area contributed by atoms with Crippen LogP contribution in [0.2, 0.25) is 0 Å². The number of benzene rings is 3. The summed E-state index contributed by atoms with van der Waals surface area (Å²) in [5.41, 5.74) is 7.95. The molecule has 176 valence electrons. The molecule has 0 radical (unpaired) electrons. The minimum absolute atomic E-state index is 0.0353. The Labute approximate surface area is 206 Å². The number of amides is 1. The van der Waals surface area contributed by atoms with Crippen molar-refractivity contribution in [3.63, 3.8) is 0 Å². The van der Waals surface area contributed by atoms with Crippen LogP contribution in [0.25, 0.3) is 5.57 Å². The van der Waals surface area contributed by atoms with Gasteiger partial charge in [-0.05, 0) is 82.8 Å². The average molecular weight is 464 g/mol. The minimum atomic E-state index is -0.405. The van der Waals surface area contributed by atoms with E-state index in [0.29, 0.717) is 22.7 Å². The van der Waals surface area contributed by atoms with Crippen LogP contribution in [0.3, 0.4) is 0 Å². The summed E-state index contributed by atoms with van der Waals surface area (Å²) in [6.45, 7) is 4.64. The Bertz CT molecular complexity index is 1350. The zero-order valence-corrected chi connectivity index (χ0v) is 20.3. The number of nitrogens with one attached hydrogen (secondary N) is 1. The molecular formula is C31H29NO3. The molecule has 1 unspecified atom stereocenters. The van der Waals surface area contributed by atoms with E-state index in [0.717, 1.165) is 18.4 Å². The van der Waals surface area contributed by atoms with Crippen LogP contribution >= 0.6 is 0 Å². The summed E-state index contributed by atoms with van der Waals surface area (Å²) in [5.74, 6) is -0.153. The Balaban J connectivity index is 1.55. The minimum Gasteiger partial charge on any atom is -0.465 e. The van der Waals surface area contributed by atoms with E-state index in [2.05, 4.69) is 61.6 Å². The van der Waals surface area contributed by atoms with Gasteiger partial charge in [-0.15, -0.1) is 0 Å². The zero-order chi connectivity index (χ0) is 24.6. The number of methoxy groups -OCH3 is 1. The Morgan fingerprint density at radius 3 is 2.34 bits per heavy atom. The monoisotopic (exact) mass is 463 g/mol. The maximum Gasteiger partial charge on any atom is 0.337 e. The van der Waals surface area contributed by atoms with Gasteiger partial charge < -0.3 is 10.1 Å². The van der Waals surface area contributed by atoms with Gasteiger partial charge in [0.2, 0.25) is 0 Å². The summed E-state index contributed by atoms with van der Waals surface area (Å²) in [6, 6.07) is 23.3. The Hall–Kier alpha value is -3.92. The van der Waals surface area contributed by atoms with Crippen molar-refractivity contribution in [2.24, 2.45) is 5.92 Å². The summed E-state index contributed by atoms with van der Waals surface area (Å²) in [6.07, 6.45) is 6.53. The lowest BCUT2D eigenvalue weighted by molar-refractivity contribution is 0.0600. The van der Waals surface area contributed by atoms with Crippen molar-refractivity contribution in [3.8, 4) is 0 Å². The highest BCUT2D eigenvalue weighted by Crippen LogP contribution is 2.52. The van der Waals surface area contributed by atoms with Crippen LogP contribution in [0.1, 0.15) is 64.1 Å². The molecular weight excluding hydrogens is 434 g/mol. The second kappa shape index (κ2) is 9.03. The molecule has 4 heteroatoms. The van der Waals surface area contributed by atoms with Gasteiger partial charge in [0.05, 0.1) is 12.7 Å². The van der Waals surface area contributed by atoms with Crippen LogP contribution in [0.5, 0.6) is 0 Å². The van der Waals surface area contributed by atoms with Gasteiger partial charge >= 0.3 is 5.97 Å². The number of allylic oxidation sites excluding steroid dienone is 3. The molecule has 2 aliphatic carbocycles. The predicted molar refractivity (Wildman–Crippen MR) is 140 cm³/mol. The predicted octanol–water partition coefficient (Wildman–Crippen LogP) is 6.78. The molecule has 0 saturated heterocycles. The first-order valence-corrected chi connectivity index (χ1v) is 12.0. The van der Waals surface area contributed by atoms with Crippen LogP contribution in [0.15, 0.2) is 90.5 Å². The second-order valence-electron chi connectivity index (χ2n) is 9.74. The fraction of sp³-hybridized carbons (Fsp3) is 0.226. The molecule has 35 heavy (non-hydrogen) atoms. The van der Waals surface area contributed by atoms with Crippen molar-refractivity contribution < 1.29 is 14.3 Å². The maximum absolute atomic E-state index is 13.2. The normalized spacial score (nSPS) is 17.9. The zero-order valence-electron chi connectivity index (χ0n) is 20.3. The number of fused-ring (bicyclic) bond motifs is 2. The van der Waals surface area contributed by atoms with E-state index in [1.54, 1.807) is 24.3 Å². The molecule has 0 fully saturated rings. The summed E-state index contributed by atoms with van der Waals surface area (Å²) in [4.78, 5) is 24.9. The summed E-state index contributed by atoms with van der Waals surface area (Å²) < 4.78 is 4.75. The average Bonchev–Trinajstić information content (AvgIpc) is 2.89. The molecule has 5 rings (SSSR count). The van der Waals surface area contributed by atoms with E-state index in [1.165, 1.54) is 29.4 Å². The van der Waals surface area contributed by atoms with E-state index in [1.807, 2.05) is 18.2 Å². The number of hydrogen-bond donors (Lipinski definition) is 1. The van der Waals surface area contributed by atoms with Gasteiger partial charge in [-0.3, -0.25) is 4.79 Å². The van der Waals surface area contributed by atoms with Gasteiger partial charge in [0.15, 0.2) is 0 Å². The van der Waals surface area contributed by atoms with Gasteiger partial charge in [0, 0.05) is 11.3 Å². The number of hydrogen-bond acceptors (Lipinski definition) is 3. The molecule has 1 N–H and O–H groups in total. The maximum atomic E-state index is 13.2. The number of rotatable bonds is 4. The van der Waals surface area contributed by atoms with E-state index in [4.69, 9.17) is 4.74 Å². The highest BCUT2D eigenvalue weighted by Gasteiger charge is 2.41. The summed E-state index contributed by atoms with van der Waals surface area (Å²) >= 11 is 0. The van der Waals surface area contributed by atoms with E-state index in [9.17, 15) is 9.59 Å². The molecule has 0 saturated carbocycles. The standard InChI is InChI=1S/C31H29NO3/c1-31(2)26-12-8-7-11-24(26)28(20-9-5-4-6-10-20)25-19-22(15-18-27(25)31)29(33)32-23-16-13-21(14-17-23)30(34)35-3/h4-10,13-19,26H,11-12H2,1-3H3,(H,32,33). The molecule has 2 aliphatic rings. The summed E-state index contributed by atoms with van der Waals surface area (Å²) in [5, 5.41) is 2.96. The molecule has 0 bridgehead atoms. The molecule has 3 aromatic carbocycles. The molecule has 1 atom stereocenters. The fourth-order valence-corrected chi connectivity index (χ4v) is 5.50. The number of anilines is 1. The van der Waals surface area contributed by atoms with Crippen molar-refractivity contribution >= 4 is 23.1 Å². The number of esters is 1. The Morgan fingerprint density at radius 1 is 0.914 bits per heavy atom. The number of ether oxygens (including phenoxy) is 1. The van der Waals surface area contributed by atoms with Gasteiger partial charge in [-0.1, -0.05) is 68.0 Å². The topological polar surface area (TPSA) is 55.4 Å². The molecule has 1 amide bonds. The van der Waals surface area contributed by atoms with Crippen LogP contribution in [-0.4, -0.2) is 19.0 Å². The molecule has 3 aromatic rings. The first-order valence-electron chi connectivity index (χ1n) is 12.0.